The molecule has 2 aromatic carbocycles. The molecule has 1 aliphatic heterocycles. The van der Waals surface area contributed by atoms with Gasteiger partial charge in [-0.1, -0.05) is 6.07 Å². The van der Waals surface area contributed by atoms with Crippen molar-refractivity contribution in [3.05, 3.63) is 58.1 Å². The lowest BCUT2D eigenvalue weighted by molar-refractivity contribution is -0.384. The van der Waals surface area contributed by atoms with Gasteiger partial charge in [0.05, 0.1) is 4.92 Å². The van der Waals surface area contributed by atoms with Gasteiger partial charge in [0.2, 0.25) is 5.91 Å². The van der Waals surface area contributed by atoms with Gasteiger partial charge in [-0.3, -0.25) is 14.9 Å². The topological polar surface area (TPSA) is 101 Å². The Labute approximate surface area is 145 Å². The molecule has 0 saturated heterocycles. The Morgan fingerprint density at radius 3 is 2.68 bits per heavy atom. The predicted molar refractivity (Wildman–Crippen MR) is 97.7 cm³/mol. The van der Waals surface area contributed by atoms with Gasteiger partial charge in [0, 0.05) is 35.7 Å². The summed E-state index contributed by atoms with van der Waals surface area (Å²) in [5, 5.41) is 13.5. The van der Waals surface area contributed by atoms with Crippen LogP contribution in [0.25, 0.3) is 0 Å². The van der Waals surface area contributed by atoms with Crippen molar-refractivity contribution in [1.82, 2.24) is 0 Å². The molecule has 1 amide bonds. The Balaban J connectivity index is 1.75. The first-order valence-corrected chi connectivity index (χ1v) is 8.16. The number of benzene rings is 2. The van der Waals surface area contributed by atoms with E-state index in [1.165, 1.54) is 24.3 Å². The van der Waals surface area contributed by atoms with Crippen molar-refractivity contribution in [2.24, 2.45) is 0 Å². The molecule has 3 rings (SSSR count). The molecule has 1 atom stereocenters. The summed E-state index contributed by atoms with van der Waals surface area (Å²) in [7, 11) is 0. The number of nitrogens with one attached hydrogen (secondary N) is 1. The van der Waals surface area contributed by atoms with Crippen LogP contribution in [0.4, 0.5) is 22.7 Å². The van der Waals surface area contributed by atoms with E-state index in [0.29, 0.717) is 5.69 Å². The summed E-state index contributed by atoms with van der Waals surface area (Å²) in [6.07, 6.45) is 1.85. The molecule has 25 heavy (non-hydrogen) atoms. The van der Waals surface area contributed by atoms with Crippen LogP contribution in [0.3, 0.4) is 0 Å². The number of nitrogens with two attached hydrogens (primary N) is 1. The van der Waals surface area contributed by atoms with Crippen molar-refractivity contribution >= 4 is 28.7 Å². The van der Waals surface area contributed by atoms with Gasteiger partial charge < -0.3 is 16.0 Å². The average molecular weight is 340 g/mol. The minimum absolute atomic E-state index is 0.00789. The van der Waals surface area contributed by atoms with Crippen molar-refractivity contribution in [3.8, 4) is 0 Å². The fourth-order valence-electron chi connectivity index (χ4n) is 3.14. The summed E-state index contributed by atoms with van der Waals surface area (Å²) < 4.78 is 0. The maximum absolute atomic E-state index is 12.6. The maximum Gasteiger partial charge on any atom is 0.269 e. The third-order valence-corrected chi connectivity index (χ3v) is 4.52. The van der Waals surface area contributed by atoms with Crippen molar-refractivity contribution < 1.29 is 9.72 Å². The van der Waals surface area contributed by atoms with Crippen LogP contribution in [0.5, 0.6) is 0 Å². The van der Waals surface area contributed by atoms with E-state index in [0.717, 1.165) is 36.3 Å². The first-order valence-electron chi connectivity index (χ1n) is 8.16. The van der Waals surface area contributed by atoms with Crippen LogP contribution in [0.15, 0.2) is 42.5 Å². The highest BCUT2D eigenvalue weighted by molar-refractivity contribution is 5.97. The molecular formula is C18H20N4O3. The number of fused-ring (bicyclic) bond motifs is 1. The zero-order valence-electron chi connectivity index (χ0n) is 13.9. The zero-order valence-corrected chi connectivity index (χ0v) is 13.9. The van der Waals surface area contributed by atoms with E-state index in [9.17, 15) is 14.9 Å². The first-order chi connectivity index (χ1) is 12.0. The summed E-state index contributed by atoms with van der Waals surface area (Å²) in [6.45, 7) is 2.63. The third kappa shape index (κ3) is 3.40. The quantitative estimate of drug-likeness (QED) is 0.506. The predicted octanol–water partition coefficient (Wildman–Crippen LogP) is 2.96. The van der Waals surface area contributed by atoms with Crippen LogP contribution >= 0.6 is 0 Å². The fraction of sp³-hybridized carbons (Fsp3) is 0.278. The summed E-state index contributed by atoms with van der Waals surface area (Å²) in [4.78, 5) is 24.9. The summed E-state index contributed by atoms with van der Waals surface area (Å²) in [6, 6.07) is 11.2. The molecule has 7 heteroatoms. The normalized spacial score (nSPS) is 14.5. The van der Waals surface area contributed by atoms with Crippen molar-refractivity contribution in [2.75, 3.05) is 22.5 Å². The standard InChI is InChI=1S/C18H20N4O3/c1-12(18(23)20-13-7-9-14(10-8-13)22(24)25)21-11-3-4-15-16(19)5-2-6-17(15)21/h2,5-10,12H,3-4,11,19H2,1H3,(H,20,23). The number of anilines is 3. The van der Waals surface area contributed by atoms with Crippen LogP contribution in [0.2, 0.25) is 0 Å². The number of hydrogen-bond acceptors (Lipinski definition) is 5. The Morgan fingerprint density at radius 2 is 2.00 bits per heavy atom. The number of nitro benzene ring substituents is 1. The van der Waals surface area contributed by atoms with Crippen LogP contribution in [0, 0.1) is 10.1 Å². The second-order valence-electron chi connectivity index (χ2n) is 6.11. The molecule has 0 saturated carbocycles. The van der Waals surface area contributed by atoms with Gasteiger partial charge in [0.25, 0.3) is 5.69 Å². The number of carbonyl (C=O) groups excluding carboxylic acids is 1. The number of hydrogen-bond donors (Lipinski definition) is 2. The first kappa shape index (κ1) is 16.8. The van der Waals surface area contributed by atoms with Gasteiger partial charge in [-0.2, -0.15) is 0 Å². The van der Waals surface area contributed by atoms with E-state index in [1.54, 1.807) is 0 Å². The molecule has 0 spiro atoms. The Morgan fingerprint density at radius 1 is 1.28 bits per heavy atom. The van der Waals surface area contributed by atoms with Crippen molar-refractivity contribution in [3.63, 3.8) is 0 Å². The van der Waals surface area contributed by atoms with Crippen LogP contribution in [-0.2, 0) is 11.2 Å². The molecule has 0 fully saturated rings. The monoisotopic (exact) mass is 340 g/mol. The highest BCUT2D eigenvalue weighted by atomic mass is 16.6. The van der Waals surface area contributed by atoms with E-state index in [-0.39, 0.29) is 17.6 Å². The molecule has 2 aromatic rings. The Kier molecular flexibility index (Phi) is 4.56. The minimum Gasteiger partial charge on any atom is -0.398 e. The number of nitro groups is 1. The number of amides is 1. The lowest BCUT2D eigenvalue weighted by atomic mass is 9.98. The number of non-ortho nitro benzene ring substituents is 1. The summed E-state index contributed by atoms with van der Waals surface area (Å²) in [5.41, 5.74) is 9.43. The third-order valence-electron chi connectivity index (χ3n) is 4.52. The molecule has 0 aliphatic carbocycles. The largest absolute Gasteiger partial charge is 0.398 e. The van der Waals surface area contributed by atoms with Gasteiger partial charge in [-0.15, -0.1) is 0 Å². The second-order valence-corrected chi connectivity index (χ2v) is 6.11. The van der Waals surface area contributed by atoms with Gasteiger partial charge in [0.1, 0.15) is 6.04 Å². The average Bonchev–Trinajstić information content (AvgIpc) is 2.61. The van der Waals surface area contributed by atoms with Crippen LogP contribution in [-0.4, -0.2) is 23.4 Å². The van der Waals surface area contributed by atoms with E-state index in [4.69, 9.17) is 5.73 Å². The van der Waals surface area contributed by atoms with Crippen molar-refractivity contribution in [2.45, 2.75) is 25.8 Å². The van der Waals surface area contributed by atoms with Crippen LogP contribution in [0.1, 0.15) is 18.9 Å². The number of nitrogens with zero attached hydrogens (tertiary/aromatic N) is 2. The molecule has 0 aromatic heterocycles. The van der Waals surface area contributed by atoms with Gasteiger partial charge in [-0.25, -0.2) is 0 Å². The Hall–Kier alpha value is -3.09. The second kappa shape index (κ2) is 6.80. The fourth-order valence-corrected chi connectivity index (χ4v) is 3.14. The minimum atomic E-state index is -0.469. The smallest absolute Gasteiger partial charge is 0.269 e. The summed E-state index contributed by atoms with van der Waals surface area (Å²) in [5.74, 6) is -0.163. The van der Waals surface area contributed by atoms with E-state index >= 15 is 0 Å². The highest BCUT2D eigenvalue weighted by Gasteiger charge is 2.27. The van der Waals surface area contributed by atoms with E-state index in [2.05, 4.69) is 10.2 Å². The molecule has 7 nitrogen and oxygen atoms in total. The van der Waals surface area contributed by atoms with Crippen LogP contribution < -0.4 is 16.0 Å². The molecule has 1 heterocycles. The van der Waals surface area contributed by atoms with Crippen molar-refractivity contribution in [1.29, 1.82) is 0 Å². The molecule has 130 valence electrons. The number of carbonyl (C=O) groups is 1. The lowest BCUT2D eigenvalue weighted by Gasteiger charge is -2.36. The number of rotatable bonds is 4. The van der Waals surface area contributed by atoms with Gasteiger partial charge in [-0.05, 0) is 49.6 Å². The Bertz CT molecular complexity index is 804. The van der Waals surface area contributed by atoms with E-state index < -0.39 is 4.92 Å². The number of nitrogen functional groups attached to an aromatic ring is 1. The molecule has 0 radical (unpaired) electrons. The van der Waals surface area contributed by atoms with Gasteiger partial charge in [0.15, 0.2) is 0 Å². The molecular weight excluding hydrogens is 320 g/mol. The maximum atomic E-state index is 12.6. The SMILES string of the molecule is CC(C(=O)Nc1ccc([N+](=O)[O-])cc1)N1CCCc2c(N)cccc21. The van der Waals surface area contributed by atoms with E-state index in [1.807, 2.05) is 25.1 Å². The molecule has 3 N–H and O–H groups in total. The highest BCUT2D eigenvalue weighted by Crippen LogP contribution is 2.32. The molecule has 0 bridgehead atoms. The summed E-state index contributed by atoms with van der Waals surface area (Å²) >= 11 is 0. The molecule has 1 unspecified atom stereocenters. The lowest BCUT2D eigenvalue weighted by Crippen LogP contribution is -2.44. The molecule has 1 aliphatic rings. The van der Waals surface area contributed by atoms with Gasteiger partial charge >= 0.3 is 0 Å². The zero-order chi connectivity index (χ0) is 18.0.